The van der Waals surface area contributed by atoms with Crippen molar-refractivity contribution in [2.75, 3.05) is 36.8 Å². The molecule has 3 aromatic carbocycles. The number of hydrogen-bond acceptors (Lipinski definition) is 8. The molecule has 1 aliphatic heterocycles. The molecule has 4 aromatic rings. The first-order valence-corrected chi connectivity index (χ1v) is 15.1. The number of sulfonamides is 1. The molecule has 0 radical (unpaired) electrons. The monoisotopic (exact) mass is 607 g/mol. The number of nitrogens with zero attached hydrogens (tertiary/aromatic N) is 3. The van der Waals surface area contributed by atoms with Gasteiger partial charge in [0.25, 0.3) is 16.5 Å². The van der Waals surface area contributed by atoms with E-state index in [1.165, 1.54) is 18.5 Å². The van der Waals surface area contributed by atoms with Crippen molar-refractivity contribution in [3.63, 3.8) is 0 Å². The summed E-state index contributed by atoms with van der Waals surface area (Å²) >= 11 is 0. The fourth-order valence-corrected chi connectivity index (χ4v) is 5.67. The normalized spacial score (nSPS) is 13.8. The third-order valence-corrected chi connectivity index (χ3v) is 8.34. The van der Waals surface area contributed by atoms with Crippen LogP contribution in [0, 0.1) is 18.7 Å². The van der Waals surface area contributed by atoms with Gasteiger partial charge in [0.2, 0.25) is 0 Å². The quantitative estimate of drug-likeness (QED) is 0.209. The molecule has 0 aliphatic carbocycles. The minimum absolute atomic E-state index is 0.250. The third kappa shape index (κ3) is 8.97. The standard InChI is InChI=1S/C30H32FN5O3S.CH2O2/c1-21-3-12-29(27(31)17-21)40(37,38)35-25-8-6-24(7-9-25)34-30-18-28(32-20-33-30)23-4-10-26(11-5-23)39-19-22-13-15-36(2)16-14-22;2-1-3/h3-12,17-18,20,22,35H,13-16,19H2,1-2H3,(H,32,33,34);1H,(H,2,3). The van der Waals surface area contributed by atoms with Gasteiger partial charge in [0, 0.05) is 23.0 Å². The first-order chi connectivity index (χ1) is 20.7. The number of anilines is 3. The molecule has 1 saturated heterocycles. The number of carbonyl (C=O) groups is 1. The van der Waals surface area contributed by atoms with Crippen molar-refractivity contribution < 1.29 is 27.4 Å². The Morgan fingerprint density at radius 1 is 1.00 bits per heavy atom. The summed E-state index contributed by atoms with van der Waals surface area (Å²) in [5.74, 6) is 1.23. The number of aryl methyl sites for hydroxylation is 1. The van der Waals surface area contributed by atoms with Crippen molar-refractivity contribution in [3.8, 4) is 17.0 Å². The average molecular weight is 608 g/mol. The zero-order valence-electron chi connectivity index (χ0n) is 23.9. The summed E-state index contributed by atoms with van der Waals surface area (Å²) in [5, 5.41) is 10.1. The Hall–Kier alpha value is -4.55. The first-order valence-electron chi connectivity index (χ1n) is 13.6. The van der Waals surface area contributed by atoms with E-state index in [0.717, 1.165) is 49.5 Å². The van der Waals surface area contributed by atoms with E-state index in [1.54, 1.807) is 37.3 Å². The number of ether oxygens (including phenoxy) is 1. The molecule has 0 spiro atoms. The van der Waals surface area contributed by atoms with E-state index >= 15 is 0 Å². The second kappa shape index (κ2) is 14.6. The highest BCUT2D eigenvalue weighted by atomic mass is 32.2. The number of aromatic nitrogens is 2. The molecular weight excluding hydrogens is 573 g/mol. The first kappa shape index (κ1) is 31.4. The van der Waals surface area contributed by atoms with Crippen molar-refractivity contribution in [3.05, 3.63) is 90.5 Å². The SMILES string of the molecule is Cc1ccc(S(=O)(=O)Nc2ccc(Nc3cc(-c4ccc(OCC5CCN(C)CC5)cc4)ncn3)cc2)c(F)c1.O=CO. The molecule has 0 unspecified atom stereocenters. The van der Waals surface area contributed by atoms with Crippen LogP contribution in [0.1, 0.15) is 18.4 Å². The molecule has 0 atom stereocenters. The Morgan fingerprint density at radius 2 is 1.65 bits per heavy atom. The number of halogens is 1. The van der Waals surface area contributed by atoms with Gasteiger partial charge in [0.1, 0.15) is 28.6 Å². The molecule has 0 bridgehead atoms. The van der Waals surface area contributed by atoms with Crippen molar-refractivity contribution in [2.24, 2.45) is 5.92 Å². The molecule has 5 rings (SSSR count). The predicted molar refractivity (Wildman–Crippen MR) is 164 cm³/mol. The summed E-state index contributed by atoms with van der Waals surface area (Å²) < 4.78 is 47.9. The van der Waals surface area contributed by atoms with Crippen LogP contribution in [0.25, 0.3) is 11.3 Å². The van der Waals surface area contributed by atoms with Gasteiger partial charge in [-0.3, -0.25) is 9.52 Å². The fraction of sp³-hybridized carbons (Fsp3) is 0.258. The van der Waals surface area contributed by atoms with Crippen LogP contribution in [0.2, 0.25) is 0 Å². The second-order valence-corrected chi connectivity index (χ2v) is 11.9. The van der Waals surface area contributed by atoms with Crippen LogP contribution in [0.3, 0.4) is 0 Å². The lowest BCUT2D eigenvalue weighted by molar-refractivity contribution is -0.122. The van der Waals surface area contributed by atoms with E-state index < -0.39 is 20.7 Å². The number of nitrogens with one attached hydrogen (secondary N) is 2. The van der Waals surface area contributed by atoms with Crippen LogP contribution in [-0.2, 0) is 14.8 Å². The topological polar surface area (TPSA) is 134 Å². The number of likely N-dealkylation sites (tertiary alicyclic amines) is 1. The minimum atomic E-state index is -4.06. The van der Waals surface area contributed by atoms with Crippen molar-refractivity contribution in [1.29, 1.82) is 0 Å². The highest BCUT2D eigenvalue weighted by molar-refractivity contribution is 7.92. The van der Waals surface area contributed by atoms with Crippen molar-refractivity contribution >= 4 is 33.7 Å². The Labute approximate surface area is 250 Å². The molecule has 12 heteroatoms. The van der Waals surface area contributed by atoms with Gasteiger partial charge in [0.15, 0.2) is 0 Å². The van der Waals surface area contributed by atoms with Gasteiger partial charge in [-0.1, -0.05) is 6.07 Å². The van der Waals surface area contributed by atoms with E-state index in [9.17, 15) is 12.8 Å². The number of rotatable bonds is 9. The average Bonchev–Trinajstić information content (AvgIpc) is 2.98. The summed E-state index contributed by atoms with van der Waals surface area (Å²) in [7, 11) is -1.90. The molecule has 3 N–H and O–H groups in total. The third-order valence-electron chi connectivity index (χ3n) is 6.93. The van der Waals surface area contributed by atoms with Crippen LogP contribution in [0.4, 0.5) is 21.6 Å². The lowest BCUT2D eigenvalue weighted by Gasteiger charge is -2.28. The Morgan fingerprint density at radius 3 is 2.30 bits per heavy atom. The number of piperidine rings is 1. The summed E-state index contributed by atoms with van der Waals surface area (Å²) in [6.07, 6.45) is 3.81. The van der Waals surface area contributed by atoms with Gasteiger partial charge in [-0.05, 0) is 112 Å². The summed E-state index contributed by atoms with van der Waals surface area (Å²) in [6.45, 7) is 4.42. The number of carboxylic acid groups (broad SMARTS) is 1. The highest BCUT2D eigenvalue weighted by Crippen LogP contribution is 2.26. The van der Waals surface area contributed by atoms with Gasteiger partial charge >= 0.3 is 0 Å². The van der Waals surface area contributed by atoms with E-state index in [-0.39, 0.29) is 6.47 Å². The maximum atomic E-state index is 14.2. The van der Waals surface area contributed by atoms with Gasteiger partial charge < -0.3 is 20.1 Å². The summed E-state index contributed by atoms with van der Waals surface area (Å²) in [6, 6.07) is 20.3. The summed E-state index contributed by atoms with van der Waals surface area (Å²) in [4.78, 5) is 19.0. The Bertz CT molecular complexity index is 1610. The van der Waals surface area contributed by atoms with Crippen LogP contribution in [0.15, 0.2) is 84.0 Å². The molecule has 0 saturated carbocycles. The second-order valence-electron chi connectivity index (χ2n) is 10.2. The molecule has 10 nitrogen and oxygen atoms in total. The minimum Gasteiger partial charge on any atom is -0.493 e. The smallest absolute Gasteiger partial charge is 0.290 e. The molecule has 1 aliphatic rings. The van der Waals surface area contributed by atoms with Crippen LogP contribution in [0.5, 0.6) is 5.75 Å². The van der Waals surface area contributed by atoms with Gasteiger partial charge in [-0.2, -0.15) is 0 Å². The molecule has 1 fully saturated rings. The highest BCUT2D eigenvalue weighted by Gasteiger charge is 2.19. The molecular formula is C31H34FN5O5S. The molecule has 43 heavy (non-hydrogen) atoms. The number of benzene rings is 3. The molecule has 1 aromatic heterocycles. The van der Waals surface area contributed by atoms with E-state index in [1.807, 2.05) is 30.3 Å². The van der Waals surface area contributed by atoms with Gasteiger partial charge in [-0.25, -0.2) is 22.8 Å². The maximum Gasteiger partial charge on any atom is 0.290 e. The lowest BCUT2D eigenvalue weighted by atomic mass is 9.98. The van der Waals surface area contributed by atoms with Gasteiger partial charge in [0.05, 0.1) is 12.3 Å². The summed E-state index contributed by atoms with van der Waals surface area (Å²) in [5.41, 5.74) is 3.34. The van der Waals surface area contributed by atoms with Crippen LogP contribution in [-0.4, -0.2) is 61.6 Å². The molecule has 0 amide bonds. The zero-order valence-corrected chi connectivity index (χ0v) is 24.7. The van der Waals surface area contributed by atoms with Crippen LogP contribution >= 0.6 is 0 Å². The molecule has 226 valence electrons. The van der Waals surface area contributed by atoms with E-state index in [4.69, 9.17) is 14.6 Å². The van der Waals surface area contributed by atoms with E-state index in [0.29, 0.717) is 28.7 Å². The van der Waals surface area contributed by atoms with E-state index in [2.05, 4.69) is 32.0 Å². The Kier molecular flexibility index (Phi) is 10.6. The largest absolute Gasteiger partial charge is 0.493 e. The van der Waals surface area contributed by atoms with Crippen molar-refractivity contribution in [1.82, 2.24) is 14.9 Å². The van der Waals surface area contributed by atoms with Crippen LogP contribution < -0.4 is 14.8 Å². The maximum absolute atomic E-state index is 14.2. The zero-order chi connectivity index (χ0) is 30.8. The van der Waals surface area contributed by atoms with Gasteiger partial charge in [-0.15, -0.1) is 0 Å². The predicted octanol–water partition coefficient (Wildman–Crippen LogP) is 5.56. The van der Waals surface area contributed by atoms with Crippen molar-refractivity contribution in [2.45, 2.75) is 24.7 Å². The lowest BCUT2D eigenvalue weighted by Crippen LogP contribution is -2.32. The molecule has 2 heterocycles. The Balaban J connectivity index is 0.00000135. The fourth-order valence-electron chi connectivity index (χ4n) is 4.55. The number of hydrogen-bond donors (Lipinski definition) is 3.